The van der Waals surface area contributed by atoms with Gasteiger partial charge in [-0.15, -0.1) is 5.10 Å². The maximum Gasteiger partial charge on any atom is 0.177 e. The van der Waals surface area contributed by atoms with Gasteiger partial charge in [0, 0.05) is 31.1 Å². The Balaban J connectivity index is 1.51. The summed E-state index contributed by atoms with van der Waals surface area (Å²) in [5.74, 6) is 4.84. The van der Waals surface area contributed by atoms with E-state index in [2.05, 4.69) is 37.7 Å². The number of aryl methyl sites for hydroxylation is 4. The van der Waals surface area contributed by atoms with Gasteiger partial charge in [0.15, 0.2) is 11.5 Å². The van der Waals surface area contributed by atoms with Gasteiger partial charge in [-0.1, -0.05) is 0 Å². The van der Waals surface area contributed by atoms with Gasteiger partial charge >= 0.3 is 0 Å². The molecule has 4 aromatic rings. The van der Waals surface area contributed by atoms with Gasteiger partial charge in [-0.05, 0) is 39.3 Å². The molecule has 0 amide bonds. The Kier molecular flexibility index (Phi) is 3.37. The molecule has 0 spiro atoms. The summed E-state index contributed by atoms with van der Waals surface area (Å²) in [5, 5.41) is 4.45. The first-order valence-corrected chi connectivity index (χ1v) is 9.05. The first-order chi connectivity index (χ1) is 13.0. The average Bonchev–Trinajstić information content (AvgIpc) is 3.27. The van der Waals surface area contributed by atoms with Crippen molar-refractivity contribution >= 4 is 11.2 Å². The van der Waals surface area contributed by atoms with Gasteiger partial charge in [-0.25, -0.2) is 24.9 Å². The van der Waals surface area contributed by atoms with Gasteiger partial charge in [0.2, 0.25) is 0 Å². The Morgan fingerprint density at radius 2 is 1.85 bits per heavy atom. The summed E-state index contributed by atoms with van der Waals surface area (Å²) in [4.78, 5) is 22.8. The summed E-state index contributed by atoms with van der Waals surface area (Å²) < 4.78 is 3.93. The van der Waals surface area contributed by atoms with Crippen LogP contribution in [0.15, 0.2) is 24.4 Å². The number of nitrogens with zero attached hydrogens (tertiary/aromatic N) is 8. The van der Waals surface area contributed by atoms with Crippen molar-refractivity contribution in [3.63, 3.8) is 0 Å². The van der Waals surface area contributed by atoms with Crippen molar-refractivity contribution in [2.75, 3.05) is 0 Å². The number of hydrogen-bond acceptors (Lipinski definition) is 6. The van der Waals surface area contributed by atoms with E-state index in [1.807, 2.05) is 32.9 Å². The van der Waals surface area contributed by atoms with E-state index >= 15 is 0 Å². The van der Waals surface area contributed by atoms with Gasteiger partial charge in [0.05, 0.1) is 11.2 Å². The minimum Gasteiger partial charge on any atom is -0.329 e. The van der Waals surface area contributed by atoms with Crippen molar-refractivity contribution in [2.45, 2.75) is 39.0 Å². The molecule has 8 nitrogen and oxygen atoms in total. The average molecular weight is 360 g/mol. The molecule has 1 aliphatic carbocycles. The molecule has 1 aliphatic rings. The highest BCUT2D eigenvalue weighted by molar-refractivity contribution is 5.71. The van der Waals surface area contributed by atoms with Gasteiger partial charge in [-0.3, -0.25) is 0 Å². The Morgan fingerprint density at radius 3 is 2.59 bits per heavy atom. The van der Waals surface area contributed by atoms with E-state index < -0.39 is 0 Å². The van der Waals surface area contributed by atoms with Crippen molar-refractivity contribution in [1.82, 2.24) is 39.3 Å². The van der Waals surface area contributed by atoms with Crippen LogP contribution in [0.3, 0.4) is 0 Å². The molecule has 4 aromatic heterocycles. The van der Waals surface area contributed by atoms with E-state index in [4.69, 9.17) is 9.97 Å². The fourth-order valence-electron chi connectivity index (χ4n) is 3.79. The van der Waals surface area contributed by atoms with E-state index in [1.165, 1.54) is 0 Å². The molecular formula is C19H20N8. The first-order valence-electron chi connectivity index (χ1n) is 9.05. The van der Waals surface area contributed by atoms with Gasteiger partial charge in [0.1, 0.15) is 23.3 Å². The monoisotopic (exact) mass is 360 g/mol. The van der Waals surface area contributed by atoms with E-state index in [0.29, 0.717) is 11.8 Å². The fourth-order valence-corrected chi connectivity index (χ4v) is 3.79. The molecule has 0 aromatic carbocycles. The molecule has 1 fully saturated rings. The molecule has 5 rings (SSSR count). The number of pyridine rings is 1. The molecule has 0 radical (unpaired) electrons. The number of hydrogen-bond donors (Lipinski definition) is 0. The second kappa shape index (κ2) is 5.67. The Hall–Kier alpha value is -3.16. The molecule has 27 heavy (non-hydrogen) atoms. The molecule has 0 aliphatic heterocycles. The topological polar surface area (TPSA) is 87.2 Å². The fraction of sp³-hybridized carbons (Fsp3) is 0.368. The highest BCUT2D eigenvalue weighted by Crippen LogP contribution is 2.54. The highest BCUT2D eigenvalue weighted by atomic mass is 15.4. The van der Waals surface area contributed by atoms with Crippen molar-refractivity contribution in [1.29, 1.82) is 0 Å². The molecule has 0 saturated heterocycles. The van der Waals surface area contributed by atoms with Crippen molar-refractivity contribution in [2.24, 2.45) is 7.05 Å². The number of imidazole rings is 1. The lowest BCUT2D eigenvalue weighted by Crippen LogP contribution is -2.07. The van der Waals surface area contributed by atoms with Gasteiger partial charge in [-0.2, -0.15) is 4.68 Å². The van der Waals surface area contributed by atoms with Crippen LogP contribution in [-0.2, 0) is 7.05 Å². The lowest BCUT2D eigenvalue weighted by molar-refractivity contribution is 0.768. The van der Waals surface area contributed by atoms with Crippen LogP contribution in [0.25, 0.3) is 17.0 Å². The Labute approximate surface area is 156 Å². The lowest BCUT2D eigenvalue weighted by atomic mass is 10.2. The zero-order chi connectivity index (χ0) is 18.7. The van der Waals surface area contributed by atoms with Crippen molar-refractivity contribution < 1.29 is 0 Å². The first kappa shape index (κ1) is 16.0. The van der Waals surface area contributed by atoms with Crippen molar-refractivity contribution in [3.05, 3.63) is 53.4 Å². The van der Waals surface area contributed by atoms with Crippen LogP contribution in [0.4, 0.5) is 0 Å². The maximum atomic E-state index is 4.75. The van der Waals surface area contributed by atoms with Gasteiger partial charge in [0.25, 0.3) is 0 Å². The van der Waals surface area contributed by atoms with Crippen LogP contribution in [0.5, 0.6) is 0 Å². The number of aromatic nitrogens is 8. The maximum absolute atomic E-state index is 4.75. The molecule has 2 atom stereocenters. The van der Waals surface area contributed by atoms with Crippen LogP contribution < -0.4 is 0 Å². The van der Waals surface area contributed by atoms with Crippen molar-refractivity contribution in [3.8, 4) is 5.82 Å². The standard InChI is InChI=1S/C19H20N8/c1-10-22-15(9-17(23-10)27-12(3)21-11(2)25-27)13-8-14(13)19-24-18-16(26(19)4)6-5-7-20-18/h5-7,9,13-14H,8H2,1-4H3/t13-,14-/m0/s1. The molecule has 1 saturated carbocycles. The van der Waals surface area contributed by atoms with Crippen LogP contribution >= 0.6 is 0 Å². The molecular weight excluding hydrogens is 340 g/mol. The summed E-state index contributed by atoms with van der Waals surface area (Å²) in [6.45, 7) is 5.74. The van der Waals surface area contributed by atoms with E-state index in [0.717, 1.165) is 52.4 Å². The van der Waals surface area contributed by atoms with Crippen LogP contribution in [0, 0.1) is 20.8 Å². The molecule has 4 heterocycles. The van der Waals surface area contributed by atoms with E-state index in [-0.39, 0.29) is 0 Å². The normalized spacial score (nSPS) is 19.0. The molecule has 0 N–H and O–H groups in total. The molecule has 0 bridgehead atoms. The largest absolute Gasteiger partial charge is 0.329 e. The Morgan fingerprint density at radius 1 is 1.00 bits per heavy atom. The molecule has 136 valence electrons. The minimum atomic E-state index is 0.339. The summed E-state index contributed by atoms with van der Waals surface area (Å²) in [6.07, 6.45) is 2.81. The zero-order valence-electron chi connectivity index (χ0n) is 15.7. The smallest absolute Gasteiger partial charge is 0.177 e. The highest BCUT2D eigenvalue weighted by Gasteiger charge is 2.44. The summed E-state index contributed by atoms with van der Waals surface area (Å²) in [7, 11) is 2.06. The molecule has 0 unspecified atom stereocenters. The second-order valence-corrected chi connectivity index (χ2v) is 7.14. The van der Waals surface area contributed by atoms with E-state index in [9.17, 15) is 0 Å². The predicted molar refractivity (Wildman–Crippen MR) is 99.8 cm³/mol. The van der Waals surface area contributed by atoms with Gasteiger partial charge < -0.3 is 4.57 Å². The van der Waals surface area contributed by atoms with E-state index in [1.54, 1.807) is 10.9 Å². The third-order valence-corrected chi connectivity index (χ3v) is 5.13. The minimum absolute atomic E-state index is 0.339. The summed E-state index contributed by atoms with van der Waals surface area (Å²) in [5.41, 5.74) is 2.90. The third-order valence-electron chi connectivity index (χ3n) is 5.13. The number of fused-ring (bicyclic) bond motifs is 1. The van der Waals surface area contributed by atoms with Crippen LogP contribution in [-0.4, -0.2) is 39.3 Å². The second-order valence-electron chi connectivity index (χ2n) is 7.14. The quantitative estimate of drug-likeness (QED) is 0.558. The lowest BCUT2D eigenvalue weighted by Gasteiger charge is -2.07. The molecule has 8 heteroatoms. The summed E-state index contributed by atoms with van der Waals surface area (Å²) in [6, 6.07) is 6.03. The number of rotatable bonds is 3. The zero-order valence-corrected chi connectivity index (χ0v) is 15.7. The predicted octanol–water partition coefficient (Wildman–Crippen LogP) is 2.54. The Bertz CT molecular complexity index is 1170. The SMILES string of the molecule is Cc1nc([C@H]2C[C@@H]2c2nc3ncccc3n2C)cc(-n2nc(C)nc2C)n1. The summed E-state index contributed by atoms with van der Waals surface area (Å²) >= 11 is 0. The van der Waals surface area contributed by atoms with Crippen LogP contribution in [0.2, 0.25) is 0 Å². The van der Waals surface area contributed by atoms with Crippen LogP contribution in [0.1, 0.15) is 47.2 Å². The third kappa shape index (κ3) is 2.59.